The molecule has 9 nitrogen and oxygen atoms in total. The minimum atomic E-state index is -0.838. The number of carbonyl (C=O) groups is 3. The van der Waals surface area contributed by atoms with Crippen LogP contribution in [0, 0.1) is 17.8 Å². The predicted molar refractivity (Wildman–Crippen MR) is 240 cm³/mol. The van der Waals surface area contributed by atoms with Gasteiger partial charge in [0.25, 0.3) is 0 Å². The second kappa shape index (κ2) is 19.8. The molecule has 0 aromatic rings. The Morgan fingerprint density at radius 1 is 0.407 bits per heavy atom. The van der Waals surface area contributed by atoms with Crippen LogP contribution in [-0.2, 0) is 28.6 Å². The Bertz CT molecular complexity index is 1280. The molecular weight excluding hydrogens is 739 g/mol. The molecule has 1 aliphatic carbocycles. The third-order valence-corrected chi connectivity index (χ3v) is 15.1. The van der Waals surface area contributed by atoms with E-state index in [0.29, 0.717) is 51.4 Å². The van der Waals surface area contributed by atoms with Gasteiger partial charge in [0.2, 0.25) is 0 Å². The molecule has 3 saturated heterocycles. The minimum Gasteiger partial charge on any atom is -0.458 e. The Morgan fingerprint density at radius 2 is 0.644 bits per heavy atom. The van der Waals surface area contributed by atoms with Gasteiger partial charge in [0.1, 0.15) is 12.2 Å². The first-order valence-electron chi connectivity index (χ1n) is 24.3. The quantitative estimate of drug-likeness (QED) is 0.0761. The van der Waals surface area contributed by atoms with Gasteiger partial charge in [-0.15, -0.1) is 0 Å². The van der Waals surface area contributed by atoms with Crippen molar-refractivity contribution in [1.82, 2.24) is 14.7 Å². The van der Waals surface area contributed by atoms with E-state index in [2.05, 4.69) is 119 Å². The Labute approximate surface area is 362 Å². The summed E-state index contributed by atoms with van der Waals surface area (Å²) in [6, 6.07) is 0. The van der Waals surface area contributed by atoms with Crippen molar-refractivity contribution in [3.63, 3.8) is 0 Å². The van der Waals surface area contributed by atoms with Gasteiger partial charge in [-0.05, 0) is 173 Å². The van der Waals surface area contributed by atoms with Gasteiger partial charge >= 0.3 is 17.9 Å². The Balaban J connectivity index is 1.55. The van der Waals surface area contributed by atoms with E-state index in [9.17, 15) is 14.4 Å². The van der Waals surface area contributed by atoms with Gasteiger partial charge in [-0.3, -0.25) is 29.1 Å². The summed E-state index contributed by atoms with van der Waals surface area (Å²) in [6.07, 6.45) is 13.6. The molecule has 59 heavy (non-hydrogen) atoms. The number of likely N-dealkylation sites (tertiary alicyclic amines) is 3. The molecule has 4 fully saturated rings. The van der Waals surface area contributed by atoms with Crippen LogP contribution < -0.4 is 0 Å². The Hall–Kier alpha value is -1.71. The molecular formula is C50H91N3O6. The zero-order chi connectivity index (χ0) is 44.2. The summed E-state index contributed by atoms with van der Waals surface area (Å²) in [7, 11) is 0. The van der Waals surface area contributed by atoms with Crippen LogP contribution in [0.5, 0.6) is 0 Å². The van der Waals surface area contributed by atoms with Crippen molar-refractivity contribution in [1.29, 1.82) is 0 Å². The standard InChI is InChI=1S/C50H91N3O6/c1-16-19-22-27-51-45(4,5)30-36(31-46(51,6)7)42(54)57-39-25-26-40(58-43(55)37-32-47(8,9)52(28-23-20-17-2)48(10,11)33-37)41(39)59-44(56)38-34-49(12,13)53(29-24-21-18-3)50(14,15)35-38/h36-41H,16-35H2,1-15H3. The molecule has 9 heteroatoms. The molecule has 0 radical (unpaired) electrons. The maximum Gasteiger partial charge on any atom is 0.309 e. The summed E-state index contributed by atoms with van der Waals surface area (Å²) >= 11 is 0. The highest BCUT2D eigenvalue weighted by Crippen LogP contribution is 2.46. The number of nitrogens with zero attached hydrogens (tertiary/aromatic N) is 3. The zero-order valence-corrected chi connectivity index (χ0v) is 40.9. The van der Waals surface area contributed by atoms with Gasteiger partial charge in [0.05, 0.1) is 17.8 Å². The largest absolute Gasteiger partial charge is 0.458 e. The van der Waals surface area contributed by atoms with Crippen molar-refractivity contribution in [2.24, 2.45) is 17.8 Å². The lowest BCUT2D eigenvalue weighted by Gasteiger charge is -2.55. The fourth-order valence-electron chi connectivity index (χ4n) is 12.9. The summed E-state index contributed by atoms with van der Waals surface area (Å²) in [5.41, 5.74) is -1.06. The molecule has 2 atom stereocenters. The molecule has 342 valence electrons. The van der Waals surface area contributed by atoms with Crippen molar-refractivity contribution in [3.8, 4) is 0 Å². The molecule has 0 aromatic heterocycles. The highest BCUT2D eigenvalue weighted by molar-refractivity contribution is 5.75. The van der Waals surface area contributed by atoms with E-state index in [1.165, 1.54) is 38.5 Å². The predicted octanol–water partition coefficient (Wildman–Crippen LogP) is 10.9. The van der Waals surface area contributed by atoms with E-state index >= 15 is 0 Å². The number of rotatable bonds is 18. The number of esters is 3. The summed E-state index contributed by atoms with van der Waals surface area (Å²) in [5.74, 6) is -1.57. The fourth-order valence-corrected chi connectivity index (χ4v) is 12.9. The number of hydrogen-bond donors (Lipinski definition) is 0. The summed E-state index contributed by atoms with van der Waals surface area (Å²) in [5, 5.41) is 0. The van der Waals surface area contributed by atoms with Gasteiger partial charge in [-0.1, -0.05) is 59.3 Å². The third kappa shape index (κ3) is 12.3. The lowest BCUT2D eigenvalue weighted by atomic mass is 9.73. The summed E-state index contributed by atoms with van der Waals surface area (Å²) in [4.78, 5) is 50.8. The van der Waals surface area contributed by atoms with Crippen molar-refractivity contribution in [3.05, 3.63) is 0 Å². The number of piperidine rings is 3. The zero-order valence-electron chi connectivity index (χ0n) is 40.9. The number of unbranched alkanes of at least 4 members (excludes halogenated alkanes) is 6. The van der Waals surface area contributed by atoms with Crippen molar-refractivity contribution in [2.75, 3.05) is 19.6 Å². The van der Waals surface area contributed by atoms with Gasteiger partial charge in [0.15, 0.2) is 6.10 Å². The molecule has 0 spiro atoms. The van der Waals surface area contributed by atoms with Crippen LogP contribution in [0.1, 0.15) is 213 Å². The number of ether oxygens (including phenoxy) is 3. The van der Waals surface area contributed by atoms with Crippen LogP contribution in [-0.4, -0.2) is 104 Å². The number of hydrogen-bond acceptors (Lipinski definition) is 9. The topological polar surface area (TPSA) is 88.6 Å². The molecule has 1 saturated carbocycles. The van der Waals surface area contributed by atoms with Crippen molar-refractivity contribution >= 4 is 17.9 Å². The maximum atomic E-state index is 14.5. The summed E-state index contributed by atoms with van der Waals surface area (Å²) < 4.78 is 19.5. The molecule has 4 rings (SSSR count). The van der Waals surface area contributed by atoms with Gasteiger partial charge in [0, 0.05) is 33.2 Å². The van der Waals surface area contributed by atoms with Crippen molar-refractivity contribution < 1.29 is 28.6 Å². The Morgan fingerprint density at radius 3 is 0.881 bits per heavy atom. The van der Waals surface area contributed by atoms with E-state index in [4.69, 9.17) is 14.2 Å². The first kappa shape index (κ1) is 49.9. The van der Waals surface area contributed by atoms with Gasteiger partial charge in [-0.25, -0.2) is 0 Å². The average molecular weight is 830 g/mol. The molecule has 0 amide bonds. The average Bonchev–Trinajstić information content (AvgIpc) is 3.46. The lowest BCUT2D eigenvalue weighted by molar-refractivity contribution is -0.189. The highest BCUT2D eigenvalue weighted by Gasteiger charge is 2.53. The monoisotopic (exact) mass is 830 g/mol. The second-order valence-electron chi connectivity index (χ2n) is 23.2. The van der Waals surface area contributed by atoms with Crippen LogP contribution in [0.2, 0.25) is 0 Å². The van der Waals surface area contributed by atoms with Crippen LogP contribution in [0.4, 0.5) is 0 Å². The maximum absolute atomic E-state index is 14.5. The molecule has 3 aliphatic heterocycles. The molecule has 0 N–H and O–H groups in total. The normalized spacial score (nSPS) is 28.6. The lowest BCUT2D eigenvalue weighted by Crippen LogP contribution is -2.62. The molecule has 0 bridgehead atoms. The van der Waals surface area contributed by atoms with E-state index in [-0.39, 0.29) is 68.9 Å². The number of carbonyl (C=O) groups excluding carboxylic acids is 3. The molecule has 3 heterocycles. The molecule has 0 aromatic carbocycles. The highest BCUT2D eigenvalue weighted by atomic mass is 16.6. The minimum absolute atomic E-state index is 0.170. The molecule has 4 aliphatic rings. The van der Waals surface area contributed by atoms with Crippen molar-refractivity contribution in [2.45, 2.75) is 265 Å². The van der Waals surface area contributed by atoms with Crippen LogP contribution in [0.15, 0.2) is 0 Å². The van der Waals surface area contributed by atoms with Gasteiger partial charge in [-0.2, -0.15) is 0 Å². The van der Waals surface area contributed by atoms with Crippen LogP contribution in [0.3, 0.4) is 0 Å². The smallest absolute Gasteiger partial charge is 0.309 e. The molecule has 2 unspecified atom stereocenters. The van der Waals surface area contributed by atoms with Crippen LogP contribution in [0.25, 0.3) is 0 Å². The van der Waals surface area contributed by atoms with E-state index in [1.807, 2.05) is 0 Å². The second-order valence-corrected chi connectivity index (χ2v) is 23.2. The van der Waals surface area contributed by atoms with E-state index in [1.54, 1.807) is 0 Å². The van der Waals surface area contributed by atoms with Crippen LogP contribution >= 0.6 is 0 Å². The first-order valence-corrected chi connectivity index (χ1v) is 24.3. The van der Waals surface area contributed by atoms with E-state index < -0.39 is 18.3 Å². The summed E-state index contributed by atoms with van der Waals surface area (Å²) in [6.45, 7) is 36.8. The Kier molecular flexibility index (Phi) is 16.7. The first-order chi connectivity index (χ1) is 27.3. The third-order valence-electron chi connectivity index (χ3n) is 15.1. The SMILES string of the molecule is CCCCCN1C(C)(C)CC(C(=O)OC2CCC(OC(=O)C3CC(C)(C)N(CCCCC)C(C)(C)C3)C2OC(=O)C2CC(C)(C)N(CCCCC)C(C)(C)C2)CC1(C)C. The van der Waals surface area contributed by atoms with E-state index in [0.717, 1.165) is 38.9 Å². The van der Waals surface area contributed by atoms with Gasteiger partial charge < -0.3 is 14.2 Å². The fraction of sp³-hybridized carbons (Fsp3) is 0.940.